The van der Waals surface area contributed by atoms with E-state index in [1.807, 2.05) is 48.5 Å². The van der Waals surface area contributed by atoms with Crippen LogP contribution in [0.4, 0.5) is 0 Å². The number of nitrogens with one attached hydrogen (secondary N) is 1. The highest BCUT2D eigenvalue weighted by Crippen LogP contribution is 2.30. The van der Waals surface area contributed by atoms with E-state index in [2.05, 4.69) is 5.32 Å². The molecule has 148 valence electrons. The van der Waals surface area contributed by atoms with Gasteiger partial charge in [-0.2, -0.15) is 0 Å². The number of hydrogen-bond acceptors (Lipinski definition) is 5. The van der Waals surface area contributed by atoms with Gasteiger partial charge in [0.05, 0.1) is 5.56 Å². The highest BCUT2D eigenvalue weighted by molar-refractivity contribution is 6.04. The van der Waals surface area contributed by atoms with Crippen LogP contribution in [0.2, 0.25) is 0 Å². The number of fused-ring (bicyclic) bond motifs is 2. The Morgan fingerprint density at radius 2 is 1.72 bits per heavy atom. The van der Waals surface area contributed by atoms with Gasteiger partial charge >= 0.3 is 5.97 Å². The molecular weight excluding hydrogens is 370 g/mol. The molecule has 0 atom stereocenters. The zero-order valence-corrected chi connectivity index (χ0v) is 15.9. The summed E-state index contributed by atoms with van der Waals surface area (Å²) in [4.78, 5) is 24.4. The van der Waals surface area contributed by atoms with Crippen molar-refractivity contribution in [3.8, 4) is 11.5 Å². The summed E-state index contributed by atoms with van der Waals surface area (Å²) in [5.74, 6) is 0.619. The lowest BCUT2D eigenvalue weighted by molar-refractivity contribution is -0.124. The SMILES string of the molecule is O=C(COC(=O)c1cccc2ccccc12)NCCc1ccc2c(c1)OCCO2. The van der Waals surface area contributed by atoms with E-state index >= 15 is 0 Å². The first-order valence-corrected chi connectivity index (χ1v) is 9.51. The summed E-state index contributed by atoms with van der Waals surface area (Å²) in [5.41, 5.74) is 1.48. The van der Waals surface area contributed by atoms with Gasteiger partial charge < -0.3 is 19.5 Å². The second-order valence-electron chi connectivity index (χ2n) is 6.68. The third kappa shape index (κ3) is 4.48. The number of hydrogen-bond donors (Lipinski definition) is 1. The first-order chi connectivity index (χ1) is 14.2. The van der Waals surface area contributed by atoms with Crippen molar-refractivity contribution in [3.63, 3.8) is 0 Å². The van der Waals surface area contributed by atoms with Crippen LogP contribution in [0.1, 0.15) is 15.9 Å². The van der Waals surface area contributed by atoms with Crippen molar-refractivity contribution < 1.29 is 23.8 Å². The van der Waals surface area contributed by atoms with Gasteiger partial charge in [0.1, 0.15) is 13.2 Å². The summed E-state index contributed by atoms with van der Waals surface area (Å²) < 4.78 is 16.2. The quantitative estimate of drug-likeness (QED) is 0.654. The van der Waals surface area contributed by atoms with E-state index in [0.717, 1.165) is 27.8 Å². The van der Waals surface area contributed by atoms with Crippen LogP contribution < -0.4 is 14.8 Å². The molecule has 0 aliphatic carbocycles. The smallest absolute Gasteiger partial charge is 0.339 e. The van der Waals surface area contributed by atoms with Gasteiger partial charge in [0.2, 0.25) is 0 Å². The van der Waals surface area contributed by atoms with Crippen LogP contribution in [-0.2, 0) is 16.0 Å². The molecule has 1 aliphatic heterocycles. The lowest BCUT2D eigenvalue weighted by Crippen LogP contribution is -2.30. The second-order valence-corrected chi connectivity index (χ2v) is 6.68. The van der Waals surface area contributed by atoms with E-state index in [-0.39, 0.29) is 12.5 Å². The minimum Gasteiger partial charge on any atom is -0.486 e. The van der Waals surface area contributed by atoms with E-state index in [1.165, 1.54) is 0 Å². The fourth-order valence-electron chi connectivity index (χ4n) is 3.25. The van der Waals surface area contributed by atoms with Gasteiger partial charge in [-0.25, -0.2) is 4.79 Å². The fraction of sp³-hybridized carbons (Fsp3) is 0.217. The molecule has 4 rings (SSSR count). The molecule has 0 saturated heterocycles. The van der Waals surface area contributed by atoms with Crippen LogP contribution in [0.3, 0.4) is 0 Å². The van der Waals surface area contributed by atoms with Gasteiger partial charge in [0.15, 0.2) is 18.1 Å². The summed E-state index contributed by atoms with van der Waals surface area (Å²) in [6, 6.07) is 18.7. The third-order valence-corrected chi connectivity index (χ3v) is 4.69. The normalized spacial score (nSPS) is 12.4. The molecule has 3 aromatic rings. The van der Waals surface area contributed by atoms with Crippen molar-refractivity contribution in [3.05, 3.63) is 71.8 Å². The molecule has 1 heterocycles. The van der Waals surface area contributed by atoms with Gasteiger partial charge in [-0.3, -0.25) is 4.79 Å². The molecule has 29 heavy (non-hydrogen) atoms. The van der Waals surface area contributed by atoms with Gasteiger partial charge in [-0.15, -0.1) is 0 Å². The topological polar surface area (TPSA) is 73.9 Å². The Hall–Kier alpha value is -3.54. The fourth-order valence-corrected chi connectivity index (χ4v) is 3.25. The molecule has 1 amide bonds. The molecule has 3 aromatic carbocycles. The van der Waals surface area contributed by atoms with Gasteiger partial charge in [-0.1, -0.05) is 42.5 Å². The van der Waals surface area contributed by atoms with Crippen molar-refractivity contribution in [2.24, 2.45) is 0 Å². The number of benzene rings is 3. The maximum atomic E-state index is 12.4. The van der Waals surface area contributed by atoms with Gasteiger partial charge in [0, 0.05) is 6.54 Å². The highest BCUT2D eigenvalue weighted by Gasteiger charge is 2.14. The molecule has 6 nitrogen and oxygen atoms in total. The zero-order chi connectivity index (χ0) is 20.1. The van der Waals surface area contributed by atoms with Gasteiger partial charge in [-0.05, 0) is 41.0 Å². The molecule has 6 heteroatoms. The summed E-state index contributed by atoms with van der Waals surface area (Å²) in [6.07, 6.45) is 0.639. The van der Waals surface area contributed by atoms with Crippen molar-refractivity contribution in [2.75, 3.05) is 26.4 Å². The minimum atomic E-state index is -0.510. The summed E-state index contributed by atoms with van der Waals surface area (Å²) >= 11 is 0. The monoisotopic (exact) mass is 391 g/mol. The number of amides is 1. The van der Waals surface area contributed by atoms with Crippen molar-refractivity contribution >= 4 is 22.6 Å². The van der Waals surface area contributed by atoms with E-state index in [9.17, 15) is 9.59 Å². The molecule has 0 bridgehead atoms. The maximum absolute atomic E-state index is 12.4. The summed E-state index contributed by atoms with van der Waals surface area (Å²) in [7, 11) is 0. The average Bonchev–Trinajstić information content (AvgIpc) is 2.77. The Kier molecular flexibility index (Phi) is 5.61. The van der Waals surface area contributed by atoms with Crippen molar-refractivity contribution in [1.29, 1.82) is 0 Å². The lowest BCUT2D eigenvalue weighted by atomic mass is 10.1. The molecular formula is C23H21NO5. The van der Waals surface area contributed by atoms with E-state index in [4.69, 9.17) is 14.2 Å². The summed E-state index contributed by atoms with van der Waals surface area (Å²) in [6.45, 7) is 1.21. The van der Waals surface area contributed by atoms with E-state index in [0.29, 0.717) is 31.7 Å². The molecule has 1 aliphatic rings. The Morgan fingerprint density at radius 1 is 0.931 bits per heavy atom. The number of carbonyl (C=O) groups excluding carboxylic acids is 2. The van der Waals surface area contributed by atoms with Crippen LogP contribution in [0, 0.1) is 0 Å². The molecule has 0 aromatic heterocycles. The first kappa shape index (κ1) is 18.8. The Morgan fingerprint density at radius 3 is 2.62 bits per heavy atom. The Balaban J connectivity index is 1.26. The standard InChI is InChI=1S/C23H21NO5/c25-22(24-11-10-16-8-9-20-21(14-16)28-13-12-27-20)15-29-23(26)19-7-3-5-17-4-1-2-6-18(17)19/h1-9,14H,10-13,15H2,(H,24,25). The average molecular weight is 391 g/mol. The van der Waals surface area contributed by atoms with Crippen LogP contribution in [-0.4, -0.2) is 38.2 Å². The van der Waals surface area contributed by atoms with Crippen molar-refractivity contribution in [2.45, 2.75) is 6.42 Å². The van der Waals surface area contributed by atoms with E-state index < -0.39 is 5.97 Å². The first-order valence-electron chi connectivity index (χ1n) is 9.51. The maximum Gasteiger partial charge on any atom is 0.339 e. The zero-order valence-electron chi connectivity index (χ0n) is 15.9. The van der Waals surface area contributed by atoms with Gasteiger partial charge in [0.25, 0.3) is 5.91 Å². The number of ether oxygens (including phenoxy) is 3. The van der Waals surface area contributed by atoms with Crippen molar-refractivity contribution in [1.82, 2.24) is 5.32 Å². The molecule has 0 radical (unpaired) electrons. The molecule has 1 N–H and O–H groups in total. The molecule has 0 saturated carbocycles. The third-order valence-electron chi connectivity index (χ3n) is 4.69. The highest BCUT2D eigenvalue weighted by atomic mass is 16.6. The van der Waals surface area contributed by atoms with Crippen LogP contribution in [0.5, 0.6) is 11.5 Å². The molecule has 0 spiro atoms. The Bertz CT molecular complexity index is 1040. The van der Waals surface area contributed by atoms with E-state index in [1.54, 1.807) is 12.1 Å². The largest absolute Gasteiger partial charge is 0.486 e. The molecule has 0 unspecified atom stereocenters. The predicted molar refractivity (Wildman–Crippen MR) is 108 cm³/mol. The lowest BCUT2D eigenvalue weighted by Gasteiger charge is -2.18. The Labute approximate surface area is 168 Å². The molecule has 0 fully saturated rings. The van der Waals surface area contributed by atoms with Crippen LogP contribution in [0.15, 0.2) is 60.7 Å². The number of rotatable bonds is 6. The second kappa shape index (κ2) is 8.65. The van der Waals surface area contributed by atoms with Crippen LogP contribution in [0.25, 0.3) is 10.8 Å². The van der Waals surface area contributed by atoms with Crippen LogP contribution >= 0.6 is 0 Å². The number of carbonyl (C=O) groups is 2. The minimum absolute atomic E-state index is 0.316. The summed E-state index contributed by atoms with van der Waals surface area (Å²) in [5, 5.41) is 4.52. The number of esters is 1. The predicted octanol–water partition coefficient (Wildman–Crippen LogP) is 3.13.